The molecule has 2 N–H and O–H groups in total. The van der Waals surface area contributed by atoms with Crippen LogP contribution in [0.2, 0.25) is 5.02 Å². The number of benzene rings is 1. The van der Waals surface area contributed by atoms with Gasteiger partial charge >= 0.3 is 0 Å². The zero-order valence-corrected chi connectivity index (χ0v) is 12.0. The summed E-state index contributed by atoms with van der Waals surface area (Å²) in [5.41, 5.74) is 7.81. The van der Waals surface area contributed by atoms with Crippen LogP contribution in [0.15, 0.2) is 18.2 Å². The molecule has 0 amide bonds. The molecule has 0 unspecified atom stereocenters. The zero-order chi connectivity index (χ0) is 13.1. The average Bonchev–Trinajstić information content (AvgIpc) is 2.30. The quantitative estimate of drug-likeness (QED) is 0.855. The molecule has 3 nitrogen and oxygen atoms in total. The smallest absolute Gasteiger partial charge is 0.0790 e. The van der Waals surface area contributed by atoms with Gasteiger partial charge in [-0.25, -0.2) is 0 Å². The van der Waals surface area contributed by atoms with Gasteiger partial charge in [-0.3, -0.25) is 4.90 Å². The van der Waals surface area contributed by atoms with Crippen LogP contribution >= 0.6 is 11.6 Å². The SMILES string of the molecule is CC(C)CN1CCN(c2c(N)cccc2Cl)CC1. The summed E-state index contributed by atoms with van der Waals surface area (Å²) in [7, 11) is 0. The Bertz CT molecular complexity index is 378. The van der Waals surface area contributed by atoms with Crippen molar-refractivity contribution in [1.29, 1.82) is 0 Å². The van der Waals surface area contributed by atoms with E-state index in [1.807, 2.05) is 18.2 Å². The summed E-state index contributed by atoms with van der Waals surface area (Å²) in [5.74, 6) is 0.724. The fourth-order valence-corrected chi connectivity index (χ4v) is 2.84. The molecular formula is C14H22ClN3. The van der Waals surface area contributed by atoms with Crippen LogP contribution in [-0.4, -0.2) is 37.6 Å². The largest absolute Gasteiger partial charge is 0.397 e. The molecule has 0 radical (unpaired) electrons. The van der Waals surface area contributed by atoms with E-state index in [1.165, 1.54) is 6.54 Å². The van der Waals surface area contributed by atoms with Gasteiger partial charge in [-0.15, -0.1) is 0 Å². The van der Waals surface area contributed by atoms with Crippen LogP contribution in [0.5, 0.6) is 0 Å². The van der Waals surface area contributed by atoms with E-state index in [0.717, 1.165) is 48.5 Å². The summed E-state index contributed by atoms with van der Waals surface area (Å²) < 4.78 is 0. The minimum absolute atomic E-state index is 0.724. The van der Waals surface area contributed by atoms with Crippen molar-refractivity contribution in [2.45, 2.75) is 13.8 Å². The number of para-hydroxylation sites is 1. The Morgan fingerprint density at radius 3 is 2.44 bits per heavy atom. The number of rotatable bonds is 3. The number of anilines is 2. The van der Waals surface area contributed by atoms with E-state index >= 15 is 0 Å². The standard InChI is InChI=1S/C14H22ClN3/c1-11(2)10-17-6-8-18(9-7-17)14-12(15)4-3-5-13(14)16/h3-5,11H,6-10,16H2,1-2H3. The molecule has 1 aliphatic heterocycles. The Hall–Kier alpha value is -0.930. The van der Waals surface area contributed by atoms with Gasteiger partial charge in [-0.05, 0) is 18.1 Å². The highest BCUT2D eigenvalue weighted by Gasteiger charge is 2.20. The van der Waals surface area contributed by atoms with Crippen molar-refractivity contribution < 1.29 is 0 Å². The second-order valence-corrected chi connectivity index (χ2v) is 5.77. The Morgan fingerprint density at radius 1 is 1.22 bits per heavy atom. The normalized spacial score (nSPS) is 17.4. The molecule has 4 heteroatoms. The van der Waals surface area contributed by atoms with Crippen molar-refractivity contribution in [3.05, 3.63) is 23.2 Å². The third kappa shape index (κ3) is 3.09. The van der Waals surface area contributed by atoms with Gasteiger partial charge in [-0.2, -0.15) is 0 Å². The molecule has 1 saturated heterocycles. The molecule has 100 valence electrons. The average molecular weight is 268 g/mol. The van der Waals surface area contributed by atoms with Gasteiger partial charge in [0.05, 0.1) is 16.4 Å². The molecular weight excluding hydrogens is 246 g/mol. The summed E-state index contributed by atoms with van der Waals surface area (Å²) in [6.45, 7) is 9.87. The van der Waals surface area contributed by atoms with Gasteiger partial charge in [0.1, 0.15) is 0 Å². The highest BCUT2D eigenvalue weighted by molar-refractivity contribution is 6.34. The molecule has 2 rings (SSSR count). The summed E-state index contributed by atoms with van der Waals surface area (Å²) in [6, 6.07) is 5.73. The number of hydrogen-bond acceptors (Lipinski definition) is 3. The minimum Gasteiger partial charge on any atom is -0.397 e. The van der Waals surface area contributed by atoms with E-state index in [2.05, 4.69) is 23.6 Å². The van der Waals surface area contributed by atoms with Crippen LogP contribution < -0.4 is 10.6 Å². The number of halogens is 1. The molecule has 0 saturated carbocycles. The molecule has 1 fully saturated rings. The number of nitrogens with two attached hydrogens (primary N) is 1. The Kier molecular flexibility index (Phi) is 4.36. The molecule has 0 spiro atoms. The van der Waals surface area contributed by atoms with Crippen LogP contribution in [0, 0.1) is 5.92 Å². The van der Waals surface area contributed by atoms with Crippen LogP contribution in [-0.2, 0) is 0 Å². The summed E-state index contributed by atoms with van der Waals surface area (Å²) in [5, 5.41) is 0.757. The zero-order valence-electron chi connectivity index (χ0n) is 11.2. The predicted molar refractivity (Wildman–Crippen MR) is 79.4 cm³/mol. The van der Waals surface area contributed by atoms with E-state index < -0.39 is 0 Å². The predicted octanol–water partition coefficient (Wildman–Crippen LogP) is 2.70. The van der Waals surface area contributed by atoms with Gasteiger partial charge < -0.3 is 10.6 Å². The summed E-state index contributed by atoms with van der Waals surface area (Å²) in [6.07, 6.45) is 0. The lowest BCUT2D eigenvalue weighted by Crippen LogP contribution is -2.47. The Morgan fingerprint density at radius 2 is 1.89 bits per heavy atom. The lowest BCUT2D eigenvalue weighted by Gasteiger charge is -2.37. The summed E-state index contributed by atoms with van der Waals surface area (Å²) >= 11 is 6.25. The molecule has 1 aromatic carbocycles. The maximum atomic E-state index is 6.25. The molecule has 0 aliphatic carbocycles. The number of nitrogens with zero attached hydrogens (tertiary/aromatic N) is 2. The summed E-state index contributed by atoms with van der Waals surface area (Å²) in [4.78, 5) is 4.81. The van der Waals surface area contributed by atoms with Crippen LogP contribution in [0.25, 0.3) is 0 Å². The lowest BCUT2D eigenvalue weighted by atomic mass is 10.1. The Labute approximate surface area is 115 Å². The first-order valence-corrected chi connectivity index (χ1v) is 6.97. The minimum atomic E-state index is 0.724. The maximum Gasteiger partial charge on any atom is 0.0790 e. The van der Waals surface area contributed by atoms with E-state index in [-0.39, 0.29) is 0 Å². The third-order valence-electron chi connectivity index (χ3n) is 3.33. The highest BCUT2D eigenvalue weighted by Crippen LogP contribution is 2.32. The number of nitrogen functional groups attached to an aromatic ring is 1. The second kappa shape index (κ2) is 5.81. The van der Waals surface area contributed by atoms with E-state index in [4.69, 9.17) is 17.3 Å². The molecule has 0 aromatic heterocycles. The molecule has 1 aliphatic rings. The van der Waals surface area contributed by atoms with Crippen molar-refractivity contribution in [1.82, 2.24) is 4.90 Å². The first-order valence-electron chi connectivity index (χ1n) is 6.59. The molecule has 1 heterocycles. The second-order valence-electron chi connectivity index (χ2n) is 5.36. The molecule has 0 atom stereocenters. The first kappa shape index (κ1) is 13.5. The number of hydrogen-bond donors (Lipinski definition) is 1. The van der Waals surface area contributed by atoms with Gasteiger partial charge in [0.15, 0.2) is 0 Å². The van der Waals surface area contributed by atoms with Crippen LogP contribution in [0.4, 0.5) is 11.4 Å². The van der Waals surface area contributed by atoms with Crippen molar-refractivity contribution in [2.24, 2.45) is 5.92 Å². The van der Waals surface area contributed by atoms with Gasteiger partial charge in [0, 0.05) is 32.7 Å². The fourth-order valence-electron chi connectivity index (χ4n) is 2.54. The molecule has 1 aromatic rings. The van der Waals surface area contributed by atoms with E-state index in [0.29, 0.717) is 0 Å². The topological polar surface area (TPSA) is 32.5 Å². The van der Waals surface area contributed by atoms with E-state index in [1.54, 1.807) is 0 Å². The van der Waals surface area contributed by atoms with Gasteiger partial charge in [0.2, 0.25) is 0 Å². The van der Waals surface area contributed by atoms with Crippen LogP contribution in [0.3, 0.4) is 0 Å². The molecule has 18 heavy (non-hydrogen) atoms. The van der Waals surface area contributed by atoms with E-state index in [9.17, 15) is 0 Å². The molecule has 0 bridgehead atoms. The third-order valence-corrected chi connectivity index (χ3v) is 3.63. The van der Waals surface area contributed by atoms with Gasteiger partial charge in [-0.1, -0.05) is 31.5 Å². The Balaban J connectivity index is 2.01. The van der Waals surface area contributed by atoms with Crippen molar-refractivity contribution >= 4 is 23.0 Å². The van der Waals surface area contributed by atoms with Crippen molar-refractivity contribution in [3.8, 4) is 0 Å². The number of piperazine rings is 1. The van der Waals surface area contributed by atoms with Crippen molar-refractivity contribution in [2.75, 3.05) is 43.4 Å². The monoisotopic (exact) mass is 267 g/mol. The van der Waals surface area contributed by atoms with Crippen LogP contribution in [0.1, 0.15) is 13.8 Å². The fraction of sp³-hybridized carbons (Fsp3) is 0.571. The first-order chi connectivity index (χ1) is 8.58. The maximum absolute atomic E-state index is 6.25. The van der Waals surface area contributed by atoms with Gasteiger partial charge in [0.25, 0.3) is 0 Å². The highest BCUT2D eigenvalue weighted by atomic mass is 35.5. The van der Waals surface area contributed by atoms with Crippen molar-refractivity contribution in [3.63, 3.8) is 0 Å². The lowest BCUT2D eigenvalue weighted by molar-refractivity contribution is 0.231.